The van der Waals surface area contributed by atoms with Crippen LogP contribution < -0.4 is 19.7 Å². The predicted octanol–water partition coefficient (Wildman–Crippen LogP) is 6.30. The van der Waals surface area contributed by atoms with Crippen molar-refractivity contribution in [2.45, 2.75) is 18.6 Å². The molecule has 5 aromatic rings. The van der Waals surface area contributed by atoms with Crippen LogP contribution in [0.15, 0.2) is 116 Å². The zero-order chi connectivity index (χ0) is 26.6. The molecule has 194 valence electrons. The summed E-state index contributed by atoms with van der Waals surface area (Å²) in [5.41, 5.74) is 4.15. The second-order valence-corrected chi connectivity index (χ2v) is 9.58. The Morgan fingerprint density at radius 2 is 1.62 bits per heavy atom. The Kier molecular flexibility index (Phi) is 6.93. The minimum atomic E-state index is -0.128. The van der Waals surface area contributed by atoms with Gasteiger partial charge in [-0.2, -0.15) is 0 Å². The molecule has 8 heteroatoms. The second kappa shape index (κ2) is 11.0. The van der Waals surface area contributed by atoms with E-state index in [1.807, 2.05) is 85.2 Å². The fourth-order valence-corrected chi connectivity index (χ4v) is 5.26. The third-order valence-electron chi connectivity index (χ3n) is 6.75. The molecule has 0 radical (unpaired) electrons. The van der Waals surface area contributed by atoms with E-state index in [4.69, 9.17) is 21.7 Å². The lowest BCUT2D eigenvalue weighted by molar-refractivity contribution is 0.413. The van der Waals surface area contributed by atoms with E-state index in [1.54, 1.807) is 13.3 Å². The van der Waals surface area contributed by atoms with Gasteiger partial charge in [-0.15, -0.1) is 0 Å². The average molecular weight is 534 g/mol. The molecule has 7 nitrogen and oxygen atoms in total. The average Bonchev–Trinajstić information content (AvgIpc) is 3.58. The highest BCUT2D eigenvalue weighted by Crippen LogP contribution is 2.42. The first kappa shape index (κ1) is 24.6. The van der Waals surface area contributed by atoms with Crippen molar-refractivity contribution < 1.29 is 9.47 Å². The molecule has 4 heterocycles. The van der Waals surface area contributed by atoms with Gasteiger partial charge in [-0.1, -0.05) is 12.1 Å². The molecule has 6 rings (SSSR count). The molecule has 2 atom stereocenters. The number of ether oxygens (including phenoxy) is 2. The predicted molar refractivity (Wildman–Crippen MR) is 155 cm³/mol. The number of thiocarbonyl (C=S) groups is 1. The quantitative estimate of drug-likeness (QED) is 0.235. The minimum absolute atomic E-state index is 0.118. The van der Waals surface area contributed by atoms with Crippen LogP contribution in [0.5, 0.6) is 17.2 Å². The van der Waals surface area contributed by atoms with E-state index in [2.05, 4.69) is 49.1 Å². The maximum atomic E-state index is 6.05. The van der Waals surface area contributed by atoms with Crippen LogP contribution >= 0.6 is 12.2 Å². The highest BCUT2D eigenvalue weighted by atomic mass is 32.1. The first-order valence-corrected chi connectivity index (χ1v) is 13.1. The minimum Gasteiger partial charge on any atom is -0.497 e. The summed E-state index contributed by atoms with van der Waals surface area (Å²) in [6.45, 7) is 0.705. The molecule has 0 aliphatic carbocycles. The molecular weight excluding hydrogens is 506 g/mol. The molecule has 1 saturated heterocycles. The van der Waals surface area contributed by atoms with Gasteiger partial charge >= 0.3 is 0 Å². The molecule has 0 amide bonds. The molecule has 39 heavy (non-hydrogen) atoms. The van der Waals surface area contributed by atoms with Gasteiger partial charge in [0.15, 0.2) is 5.11 Å². The van der Waals surface area contributed by atoms with E-state index in [1.165, 1.54) is 0 Å². The number of benzene rings is 2. The standard InChI is InChI=1S/C31H27N5O2S/c1-37-24-13-15-26(16-14-24)38-25-11-9-23(10-12-25)36-30(29(34-31(36)39)27-7-2-3-18-33-27)28-8-5-19-35(28)21-22-6-4-17-32-20-22/h2-20,29-30H,21H2,1H3,(H,34,39)/t29-,30-/m0/s1. The summed E-state index contributed by atoms with van der Waals surface area (Å²) in [4.78, 5) is 11.1. The lowest BCUT2D eigenvalue weighted by Gasteiger charge is -2.29. The summed E-state index contributed by atoms with van der Waals surface area (Å²) in [5, 5.41) is 4.19. The Bertz CT molecular complexity index is 1540. The first-order chi connectivity index (χ1) is 19.2. The number of hydrogen-bond acceptors (Lipinski definition) is 5. The summed E-state index contributed by atoms with van der Waals surface area (Å²) >= 11 is 5.91. The number of hydrogen-bond donors (Lipinski definition) is 1. The van der Waals surface area contributed by atoms with Crippen molar-refractivity contribution >= 4 is 23.0 Å². The van der Waals surface area contributed by atoms with Gasteiger partial charge < -0.3 is 24.3 Å². The van der Waals surface area contributed by atoms with E-state index >= 15 is 0 Å². The molecule has 3 aromatic heterocycles. The Balaban J connectivity index is 1.33. The van der Waals surface area contributed by atoms with Gasteiger partial charge in [-0.25, -0.2) is 0 Å². The molecule has 0 unspecified atom stereocenters. The number of anilines is 1. The lowest BCUT2D eigenvalue weighted by atomic mass is 10.0. The van der Waals surface area contributed by atoms with Gasteiger partial charge in [-0.05, 0) is 96.6 Å². The molecule has 1 aliphatic rings. The highest BCUT2D eigenvalue weighted by Gasteiger charge is 2.42. The van der Waals surface area contributed by atoms with E-state index in [0.717, 1.165) is 39.9 Å². The summed E-state index contributed by atoms with van der Waals surface area (Å²) in [6.07, 6.45) is 7.61. The van der Waals surface area contributed by atoms with Crippen LogP contribution in [0, 0.1) is 0 Å². The van der Waals surface area contributed by atoms with Gasteiger partial charge in [0, 0.05) is 42.7 Å². The molecule has 0 saturated carbocycles. The summed E-state index contributed by atoms with van der Waals surface area (Å²) in [5.74, 6) is 2.26. The van der Waals surface area contributed by atoms with Gasteiger partial charge in [0.2, 0.25) is 0 Å². The van der Waals surface area contributed by atoms with Crippen molar-refractivity contribution in [3.63, 3.8) is 0 Å². The van der Waals surface area contributed by atoms with Crippen LogP contribution in [0.4, 0.5) is 5.69 Å². The van der Waals surface area contributed by atoms with Crippen LogP contribution in [-0.4, -0.2) is 26.8 Å². The maximum absolute atomic E-state index is 6.05. The Morgan fingerprint density at radius 3 is 2.31 bits per heavy atom. The van der Waals surface area contributed by atoms with Crippen molar-refractivity contribution in [1.82, 2.24) is 19.9 Å². The molecular formula is C31H27N5O2S. The number of nitrogens with zero attached hydrogens (tertiary/aromatic N) is 4. The van der Waals surface area contributed by atoms with Gasteiger partial charge in [0.05, 0.1) is 18.8 Å². The van der Waals surface area contributed by atoms with Gasteiger partial charge in [-0.3, -0.25) is 9.97 Å². The van der Waals surface area contributed by atoms with E-state index in [0.29, 0.717) is 11.7 Å². The molecule has 0 spiro atoms. The number of rotatable bonds is 8. The zero-order valence-electron chi connectivity index (χ0n) is 21.3. The van der Waals surface area contributed by atoms with E-state index in [-0.39, 0.29) is 12.1 Å². The third kappa shape index (κ3) is 5.19. The second-order valence-electron chi connectivity index (χ2n) is 9.19. The van der Waals surface area contributed by atoms with E-state index < -0.39 is 0 Å². The van der Waals surface area contributed by atoms with Crippen LogP contribution in [0.25, 0.3) is 0 Å². The SMILES string of the molecule is COc1ccc(Oc2ccc(N3C(=S)N[C@@H](c4ccccn4)[C@@H]3c3cccn3Cc3cccnc3)cc2)cc1. The largest absolute Gasteiger partial charge is 0.497 e. The molecule has 1 aliphatic heterocycles. The summed E-state index contributed by atoms with van der Waals surface area (Å²) in [7, 11) is 1.65. The maximum Gasteiger partial charge on any atom is 0.174 e. The van der Waals surface area contributed by atoms with Crippen molar-refractivity contribution in [2.75, 3.05) is 12.0 Å². The van der Waals surface area contributed by atoms with Crippen LogP contribution in [0.1, 0.15) is 29.0 Å². The van der Waals surface area contributed by atoms with E-state index in [9.17, 15) is 0 Å². The van der Waals surface area contributed by atoms with Crippen LogP contribution in [0.3, 0.4) is 0 Å². The molecule has 0 bridgehead atoms. The van der Waals surface area contributed by atoms with Crippen molar-refractivity contribution in [1.29, 1.82) is 0 Å². The summed E-state index contributed by atoms with van der Waals surface area (Å²) in [6, 6.07) is 29.5. The number of nitrogens with one attached hydrogen (secondary N) is 1. The van der Waals surface area contributed by atoms with Crippen molar-refractivity contribution in [2.24, 2.45) is 0 Å². The Hall–Kier alpha value is -4.69. The topological polar surface area (TPSA) is 64.4 Å². The molecule has 1 fully saturated rings. The molecule has 2 aromatic carbocycles. The zero-order valence-corrected chi connectivity index (χ0v) is 22.2. The number of aromatic nitrogens is 3. The fraction of sp³-hybridized carbons (Fsp3) is 0.129. The fourth-order valence-electron chi connectivity index (χ4n) is 4.92. The number of methoxy groups -OCH3 is 1. The molecule has 1 N–H and O–H groups in total. The van der Waals surface area contributed by atoms with Crippen LogP contribution in [0.2, 0.25) is 0 Å². The number of pyridine rings is 2. The Morgan fingerprint density at radius 1 is 0.846 bits per heavy atom. The monoisotopic (exact) mass is 533 g/mol. The normalized spacial score (nSPS) is 16.6. The Labute approximate surface area is 232 Å². The van der Waals surface area contributed by atoms with Crippen molar-refractivity contribution in [3.8, 4) is 17.2 Å². The smallest absolute Gasteiger partial charge is 0.174 e. The van der Waals surface area contributed by atoms with Gasteiger partial charge in [0.1, 0.15) is 23.3 Å². The highest BCUT2D eigenvalue weighted by molar-refractivity contribution is 7.80. The first-order valence-electron chi connectivity index (χ1n) is 12.7. The van der Waals surface area contributed by atoms with Crippen molar-refractivity contribution in [3.05, 3.63) is 133 Å². The van der Waals surface area contributed by atoms with Crippen LogP contribution in [-0.2, 0) is 6.54 Å². The lowest BCUT2D eigenvalue weighted by Crippen LogP contribution is -2.30. The third-order valence-corrected chi connectivity index (χ3v) is 7.07. The van der Waals surface area contributed by atoms with Gasteiger partial charge in [0.25, 0.3) is 0 Å². The summed E-state index contributed by atoms with van der Waals surface area (Å²) < 4.78 is 13.5.